The highest BCUT2D eigenvalue weighted by Gasteiger charge is 2.35. The highest BCUT2D eigenvalue weighted by Crippen LogP contribution is 2.44. The van der Waals surface area contributed by atoms with Gasteiger partial charge in [-0.3, -0.25) is 9.69 Å². The molecule has 1 fully saturated rings. The van der Waals surface area contributed by atoms with Gasteiger partial charge in [0.1, 0.15) is 23.5 Å². The lowest BCUT2D eigenvalue weighted by molar-refractivity contribution is -0.122. The number of Topliss-reactive ketones (excluding diaryl/α,β-unsaturated/α-hetero) is 1. The summed E-state index contributed by atoms with van der Waals surface area (Å²) in [4.78, 5) is 31.9. The number of hydrogen-bond donors (Lipinski definition) is 1. The van der Waals surface area contributed by atoms with E-state index in [1.165, 1.54) is 7.11 Å². The molecular weight excluding hydrogens is 482 g/mol. The van der Waals surface area contributed by atoms with Crippen molar-refractivity contribution in [2.75, 3.05) is 18.6 Å². The van der Waals surface area contributed by atoms with Crippen molar-refractivity contribution in [3.05, 3.63) is 52.8 Å². The number of hydrogen-bond acceptors (Lipinski definition) is 6. The van der Waals surface area contributed by atoms with Crippen molar-refractivity contribution in [1.82, 2.24) is 9.55 Å². The number of imidazole rings is 1. The molecule has 2 aliphatic heterocycles. The Morgan fingerprint density at radius 3 is 2.79 bits per heavy atom. The highest BCUT2D eigenvalue weighted by molar-refractivity contribution is 5.95. The van der Waals surface area contributed by atoms with E-state index in [2.05, 4.69) is 4.57 Å². The normalized spacial score (nSPS) is 23.5. The van der Waals surface area contributed by atoms with Crippen LogP contribution >= 0.6 is 0 Å². The van der Waals surface area contributed by atoms with Gasteiger partial charge < -0.3 is 19.1 Å². The first-order valence-corrected chi connectivity index (χ1v) is 13.7. The number of para-hydroxylation sites is 1. The van der Waals surface area contributed by atoms with E-state index < -0.39 is 6.10 Å². The fourth-order valence-electron chi connectivity index (χ4n) is 6.73. The lowest BCUT2D eigenvalue weighted by Crippen LogP contribution is -2.42. The molecule has 3 heterocycles. The van der Waals surface area contributed by atoms with Crippen LogP contribution in [0, 0.1) is 5.92 Å². The van der Waals surface area contributed by atoms with E-state index >= 15 is 0 Å². The van der Waals surface area contributed by atoms with E-state index in [9.17, 15) is 14.7 Å². The summed E-state index contributed by atoms with van der Waals surface area (Å²) < 4.78 is 13.2. The Balaban J connectivity index is 1.54. The van der Waals surface area contributed by atoms with Gasteiger partial charge in [-0.1, -0.05) is 24.6 Å². The zero-order chi connectivity index (χ0) is 26.6. The van der Waals surface area contributed by atoms with Crippen molar-refractivity contribution in [2.45, 2.75) is 77.0 Å². The SMILES string of the molecule is COC(=O)N1c2ccc3c(nc([C@H](O)c4cccc5c4OCC5)n3[C@@H]3CCC[C@@H](C(C)=O)C3)c2CC[C@@H]1C. The second-order valence-corrected chi connectivity index (χ2v) is 11.0. The number of aryl methyl sites for hydroxylation is 1. The third-order valence-corrected chi connectivity index (χ3v) is 8.72. The maximum absolute atomic E-state index is 12.7. The third-order valence-electron chi connectivity index (χ3n) is 8.72. The molecule has 1 saturated carbocycles. The number of anilines is 1. The van der Waals surface area contributed by atoms with E-state index in [0.29, 0.717) is 18.0 Å². The first-order chi connectivity index (χ1) is 18.4. The number of fused-ring (bicyclic) bond motifs is 4. The molecule has 200 valence electrons. The van der Waals surface area contributed by atoms with Crippen LogP contribution in [0.3, 0.4) is 0 Å². The molecule has 2 aromatic carbocycles. The predicted octanol–water partition coefficient (Wildman–Crippen LogP) is 5.28. The van der Waals surface area contributed by atoms with Crippen molar-refractivity contribution in [2.24, 2.45) is 5.92 Å². The zero-order valence-corrected chi connectivity index (χ0v) is 22.3. The molecule has 38 heavy (non-hydrogen) atoms. The smallest absolute Gasteiger partial charge is 0.414 e. The Morgan fingerprint density at radius 1 is 1.16 bits per heavy atom. The number of methoxy groups -OCH3 is 1. The minimum atomic E-state index is -0.983. The molecule has 0 spiro atoms. The van der Waals surface area contributed by atoms with Crippen molar-refractivity contribution in [3.8, 4) is 5.75 Å². The molecule has 8 heteroatoms. The average molecular weight is 518 g/mol. The molecule has 3 aliphatic rings. The topological polar surface area (TPSA) is 93.9 Å². The predicted molar refractivity (Wildman–Crippen MR) is 144 cm³/mol. The van der Waals surface area contributed by atoms with Crippen molar-refractivity contribution in [1.29, 1.82) is 0 Å². The van der Waals surface area contributed by atoms with Crippen LogP contribution < -0.4 is 9.64 Å². The number of carbonyl (C=O) groups excluding carboxylic acids is 2. The number of rotatable bonds is 4. The van der Waals surface area contributed by atoms with Crippen LogP contribution in [0.5, 0.6) is 5.75 Å². The van der Waals surface area contributed by atoms with Crippen LogP contribution in [-0.4, -0.2) is 46.3 Å². The number of amides is 1. The van der Waals surface area contributed by atoms with Crippen molar-refractivity contribution < 1.29 is 24.2 Å². The summed E-state index contributed by atoms with van der Waals surface area (Å²) in [5.41, 5.74) is 5.35. The van der Waals surface area contributed by atoms with Crippen molar-refractivity contribution >= 4 is 28.6 Å². The number of aliphatic hydroxyl groups is 1. The fraction of sp³-hybridized carbons (Fsp3) is 0.500. The monoisotopic (exact) mass is 517 g/mol. The summed E-state index contributed by atoms with van der Waals surface area (Å²) >= 11 is 0. The molecule has 1 aliphatic carbocycles. The molecule has 3 aromatic rings. The third kappa shape index (κ3) is 3.97. The second kappa shape index (κ2) is 9.73. The van der Waals surface area contributed by atoms with Crippen LogP contribution in [0.4, 0.5) is 10.5 Å². The van der Waals surface area contributed by atoms with Crippen LogP contribution in [-0.2, 0) is 22.4 Å². The van der Waals surface area contributed by atoms with Gasteiger partial charge in [0, 0.05) is 35.5 Å². The van der Waals surface area contributed by atoms with E-state index in [-0.39, 0.29) is 29.9 Å². The number of aliphatic hydroxyl groups excluding tert-OH is 1. The first kappa shape index (κ1) is 24.9. The van der Waals surface area contributed by atoms with Crippen LogP contribution in [0.1, 0.15) is 80.6 Å². The van der Waals surface area contributed by atoms with Gasteiger partial charge in [-0.05, 0) is 63.6 Å². The van der Waals surface area contributed by atoms with Gasteiger partial charge in [-0.15, -0.1) is 0 Å². The molecule has 6 rings (SSSR count). The van der Waals surface area contributed by atoms with E-state index in [1.54, 1.807) is 11.8 Å². The van der Waals surface area contributed by atoms with Gasteiger partial charge >= 0.3 is 6.09 Å². The van der Waals surface area contributed by atoms with Gasteiger partial charge in [0.25, 0.3) is 0 Å². The molecule has 4 atom stereocenters. The number of nitrogens with zero attached hydrogens (tertiary/aromatic N) is 3. The summed E-state index contributed by atoms with van der Waals surface area (Å²) in [6.07, 6.45) is 4.52. The van der Waals surface area contributed by atoms with E-state index in [0.717, 1.165) is 78.5 Å². The number of ketones is 1. The Labute approximate surface area is 222 Å². The second-order valence-electron chi connectivity index (χ2n) is 11.0. The quantitative estimate of drug-likeness (QED) is 0.506. The molecule has 0 saturated heterocycles. The lowest BCUT2D eigenvalue weighted by atomic mass is 9.83. The lowest BCUT2D eigenvalue weighted by Gasteiger charge is -2.34. The first-order valence-electron chi connectivity index (χ1n) is 13.7. The molecule has 1 amide bonds. The van der Waals surface area contributed by atoms with E-state index in [4.69, 9.17) is 14.5 Å². The van der Waals surface area contributed by atoms with Gasteiger partial charge in [-0.2, -0.15) is 0 Å². The summed E-state index contributed by atoms with van der Waals surface area (Å²) in [5, 5.41) is 11.9. The number of ether oxygens (including phenoxy) is 2. The van der Waals surface area contributed by atoms with Crippen LogP contribution in [0.2, 0.25) is 0 Å². The summed E-state index contributed by atoms with van der Waals surface area (Å²) in [7, 11) is 1.40. The summed E-state index contributed by atoms with van der Waals surface area (Å²) in [5.74, 6) is 1.54. The zero-order valence-electron chi connectivity index (χ0n) is 22.3. The Bertz CT molecular complexity index is 1410. The fourth-order valence-corrected chi connectivity index (χ4v) is 6.73. The summed E-state index contributed by atoms with van der Waals surface area (Å²) in [6, 6.07) is 9.96. The van der Waals surface area contributed by atoms with Gasteiger partial charge in [-0.25, -0.2) is 9.78 Å². The molecule has 1 N–H and O–H groups in total. The largest absolute Gasteiger partial charge is 0.493 e. The Kier molecular flexibility index (Phi) is 6.38. The number of carbonyl (C=O) groups is 2. The summed E-state index contributed by atoms with van der Waals surface area (Å²) in [6.45, 7) is 4.31. The average Bonchev–Trinajstić information content (AvgIpc) is 3.57. The van der Waals surface area contributed by atoms with Gasteiger partial charge in [0.15, 0.2) is 0 Å². The molecule has 0 unspecified atom stereocenters. The molecule has 8 nitrogen and oxygen atoms in total. The highest BCUT2D eigenvalue weighted by atomic mass is 16.5. The molecule has 0 radical (unpaired) electrons. The molecule has 0 bridgehead atoms. The van der Waals surface area contributed by atoms with Crippen molar-refractivity contribution in [3.63, 3.8) is 0 Å². The van der Waals surface area contributed by atoms with Crippen LogP contribution in [0.15, 0.2) is 30.3 Å². The van der Waals surface area contributed by atoms with E-state index in [1.807, 2.05) is 37.3 Å². The Morgan fingerprint density at radius 2 is 2.00 bits per heavy atom. The number of aromatic nitrogens is 2. The number of benzene rings is 2. The minimum absolute atomic E-state index is 0.00814. The van der Waals surface area contributed by atoms with Gasteiger partial charge in [0.05, 0.1) is 30.4 Å². The molecular formula is C30H35N3O5. The molecule has 1 aromatic heterocycles. The van der Waals surface area contributed by atoms with Crippen LogP contribution in [0.25, 0.3) is 11.0 Å². The Hall–Kier alpha value is -3.39. The maximum atomic E-state index is 12.7. The minimum Gasteiger partial charge on any atom is -0.493 e. The maximum Gasteiger partial charge on any atom is 0.414 e. The van der Waals surface area contributed by atoms with Gasteiger partial charge in [0.2, 0.25) is 0 Å². The standard InChI is InChI=1S/C30H35N3O5/c1-17-10-11-22-24(32(17)30(36)37-3)12-13-25-26(22)31-29(33(25)21-8-4-7-20(16-21)18(2)34)27(35)23-9-5-6-19-14-15-38-28(19)23/h5-6,9,12-13,17,20-21,27,35H,4,7-8,10-11,14-16H2,1-3H3/t17-,20+,21+,27+/m0/s1.